The first-order valence-corrected chi connectivity index (χ1v) is 8.92. The fourth-order valence-electron chi connectivity index (χ4n) is 2.55. The zero-order valence-electron chi connectivity index (χ0n) is 16.2. The van der Waals surface area contributed by atoms with E-state index in [9.17, 15) is 14.4 Å². The maximum absolute atomic E-state index is 12.8. The summed E-state index contributed by atoms with van der Waals surface area (Å²) >= 11 is 0. The van der Waals surface area contributed by atoms with Crippen LogP contribution in [0.4, 0.5) is 0 Å². The molecule has 1 aromatic heterocycles. The van der Waals surface area contributed by atoms with E-state index in [4.69, 9.17) is 0 Å². The maximum Gasteiger partial charge on any atom is 0.274 e. The van der Waals surface area contributed by atoms with Crippen molar-refractivity contribution in [3.8, 4) is 0 Å². The molecule has 0 saturated carbocycles. The van der Waals surface area contributed by atoms with Crippen LogP contribution in [0.5, 0.6) is 0 Å². The molecule has 7 nitrogen and oxygen atoms in total. The number of hydrogen-bond acceptors (Lipinski definition) is 4. The Balaban J connectivity index is 2.18. The number of amides is 2. The molecule has 0 bridgehead atoms. The number of likely N-dealkylation sites (N-methyl/N-ethyl adjacent to an activating group) is 1. The molecule has 1 N–H and O–H groups in total. The highest BCUT2D eigenvalue weighted by Crippen LogP contribution is 2.04. The third-order valence-corrected chi connectivity index (χ3v) is 3.78. The number of nitrogens with one attached hydrogen (secondary N) is 1. The first-order chi connectivity index (χ1) is 12.7. The number of benzene rings is 1. The second-order valence-corrected chi connectivity index (χ2v) is 7.32. The van der Waals surface area contributed by atoms with Crippen LogP contribution >= 0.6 is 0 Å². The Morgan fingerprint density at radius 1 is 1.11 bits per heavy atom. The van der Waals surface area contributed by atoms with Gasteiger partial charge in [0.05, 0.1) is 13.1 Å². The Morgan fingerprint density at radius 3 is 2.37 bits per heavy atom. The second kappa shape index (κ2) is 8.62. The van der Waals surface area contributed by atoms with Crippen LogP contribution in [0.2, 0.25) is 0 Å². The van der Waals surface area contributed by atoms with E-state index in [1.807, 2.05) is 51.1 Å². The van der Waals surface area contributed by atoms with E-state index in [1.54, 1.807) is 6.92 Å². The van der Waals surface area contributed by atoms with E-state index in [1.165, 1.54) is 21.7 Å². The van der Waals surface area contributed by atoms with Gasteiger partial charge < -0.3 is 10.2 Å². The van der Waals surface area contributed by atoms with Gasteiger partial charge in [-0.1, -0.05) is 30.3 Å². The van der Waals surface area contributed by atoms with Gasteiger partial charge in [0.15, 0.2) is 0 Å². The summed E-state index contributed by atoms with van der Waals surface area (Å²) in [5.41, 5.74) is 0.384. The second-order valence-electron chi connectivity index (χ2n) is 7.32. The lowest BCUT2D eigenvalue weighted by atomic mass is 10.1. The number of aromatic nitrogens is 2. The van der Waals surface area contributed by atoms with Crippen molar-refractivity contribution in [1.82, 2.24) is 20.0 Å². The fourth-order valence-corrected chi connectivity index (χ4v) is 2.55. The molecule has 1 heterocycles. The highest BCUT2D eigenvalue weighted by molar-refractivity contribution is 5.94. The number of carbonyl (C=O) groups excluding carboxylic acids is 2. The van der Waals surface area contributed by atoms with E-state index in [0.29, 0.717) is 6.54 Å². The predicted octanol–water partition coefficient (Wildman–Crippen LogP) is 1.67. The summed E-state index contributed by atoms with van der Waals surface area (Å²) in [5, 5.41) is 7.03. The summed E-state index contributed by atoms with van der Waals surface area (Å²) in [6, 6.07) is 12.1. The Hall–Kier alpha value is -2.96. The molecule has 144 valence electrons. The number of rotatable bonds is 6. The van der Waals surface area contributed by atoms with Gasteiger partial charge in [-0.25, -0.2) is 4.68 Å². The molecule has 0 aliphatic rings. The minimum atomic E-state index is -0.386. The van der Waals surface area contributed by atoms with Gasteiger partial charge in [-0.15, -0.1) is 0 Å². The minimum absolute atomic E-state index is 0.0634. The summed E-state index contributed by atoms with van der Waals surface area (Å²) in [7, 11) is 0. The van der Waals surface area contributed by atoms with Crippen molar-refractivity contribution in [3.05, 3.63) is 64.1 Å². The molecule has 0 fully saturated rings. The molecule has 2 rings (SSSR count). The van der Waals surface area contributed by atoms with Crippen molar-refractivity contribution in [3.63, 3.8) is 0 Å². The van der Waals surface area contributed by atoms with Crippen molar-refractivity contribution in [2.45, 2.75) is 39.8 Å². The van der Waals surface area contributed by atoms with E-state index >= 15 is 0 Å². The molecular formula is C20H26N4O3. The number of nitrogens with zero attached hydrogens (tertiary/aromatic N) is 3. The van der Waals surface area contributed by atoms with Crippen LogP contribution in [0.15, 0.2) is 47.3 Å². The van der Waals surface area contributed by atoms with Gasteiger partial charge in [0.2, 0.25) is 5.91 Å². The average Bonchev–Trinajstić information content (AvgIpc) is 2.60. The molecule has 0 radical (unpaired) electrons. The van der Waals surface area contributed by atoms with Crippen LogP contribution in [0.25, 0.3) is 0 Å². The maximum atomic E-state index is 12.8. The van der Waals surface area contributed by atoms with Gasteiger partial charge in [0, 0.05) is 18.2 Å². The Labute approximate surface area is 159 Å². The summed E-state index contributed by atoms with van der Waals surface area (Å²) in [5.74, 6) is -0.626. The molecular weight excluding hydrogens is 344 g/mol. The first-order valence-electron chi connectivity index (χ1n) is 8.92. The fraction of sp³-hybridized carbons (Fsp3) is 0.400. The van der Waals surface area contributed by atoms with E-state index in [-0.39, 0.29) is 41.7 Å². The van der Waals surface area contributed by atoms with Gasteiger partial charge >= 0.3 is 0 Å². The van der Waals surface area contributed by atoms with Gasteiger partial charge in [-0.05, 0) is 39.3 Å². The lowest BCUT2D eigenvalue weighted by Crippen LogP contribution is -2.47. The van der Waals surface area contributed by atoms with Crippen molar-refractivity contribution in [2.24, 2.45) is 0 Å². The number of hydrogen-bond donors (Lipinski definition) is 1. The lowest BCUT2D eigenvalue weighted by molar-refractivity contribution is -0.123. The summed E-state index contributed by atoms with van der Waals surface area (Å²) in [4.78, 5) is 38.4. The molecule has 2 amide bonds. The molecule has 27 heavy (non-hydrogen) atoms. The van der Waals surface area contributed by atoms with Crippen LogP contribution in [-0.2, 0) is 11.3 Å². The van der Waals surface area contributed by atoms with Gasteiger partial charge in [-0.3, -0.25) is 14.4 Å². The summed E-state index contributed by atoms with van der Waals surface area (Å²) in [6.07, 6.45) is 0. The summed E-state index contributed by atoms with van der Waals surface area (Å²) < 4.78 is 1.26. The predicted molar refractivity (Wildman–Crippen MR) is 104 cm³/mol. The normalized spacial score (nSPS) is 11.1. The Morgan fingerprint density at radius 2 is 1.78 bits per heavy atom. The third-order valence-electron chi connectivity index (χ3n) is 3.78. The molecule has 1 aromatic carbocycles. The van der Waals surface area contributed by atoms with Crippen molar-refractivity contribution < 1.29 is 9.59 Å². The molecule has 0 unspecified atom stereocenters. The van der Waals surface area contributed by atoms with Gasteiger partial charge in [-0.2, -0.15) is 5.10 Å². The quantitative estimate of drug-likeness (QED) is 0.838. The molecule has 0 spiro atoms. The third kappa shape index (κ3) is 6.06. The molecule has 0 saturated heterocycles. The summed E-state index contributed by atoms with van der Waals surface area (Å²) in [6.45, 7) is 8.00. The first kappa shape index (κ1) is 20.4. The average molecular weight is 370 g/mol. The van der Waals surface area contributed by atoms with Crippen molar-refractivity contribution in [1.29, 1.82) is 0 Å². The van der Waals surface area contributed by atoms with Crippen LogP contribution in [0.3, 0.4) is 0 Å². The largest absolute Gasteiger partial charge is 0.350 e. The molecule has 0 atom stereocenters. The standard InChI is InChI=1S/C20H26N4O3/c1-5-23(14-17(25)21-20(2,3)4)19(27)16-11-12-18(26)24(22-16)13-15-9-7-6-8-10-15/h6-12H,5,13-14H2,1-4H3,(H,21,25). The zero-order valence-corrected chi connectivity index (χ0v) is 16.2. The zero-order chi connectivity index (χ0) is 20.0. The van der Waals surface area contributed by atoms with E-state index < -0.39 is 0 Å². The number of carbonyl (C=O) groups is 2. The highest BCUT2D eigenvalue weighted by atomic mass is 16.2. The molecule has 2 aromatic rings. The van der Waals surface area contributed by atoms with Crippen LogP contribution in [0.1, 0.15) is 43.7 Å². The van der Waals surface area contributed by atoms with E-state index in [2.05, 4.69) is 10.4 Å². The Bertz CT molecular complexity index is 854. The lowest BCUT2D eigenvalue weighted by Gasteiger charge is -2.25. The SMILES string of the molecule is CCN(CC(=O)NC(C)(C)C)C(=O)c1ccc(=O)n(Cc2ccccc2)n1. The Kier molecular flexibility index (Phi) is 6.50. The molecule has 0 aliphatic heterocycles. The van der Waals surface area contributed by atoms with Gasteiger partial charge in [0.25, 0.3) is 11.5 Å². The molecule has 7 heteroatoms. The van der Waals surface area contributed by atoms with Gasteiger partial charge in [0.1, 0.15) is 5.69 Å². The minimum Gasteiger partial charge on any atom is -0.350 e. The molecule has 0 aliphatic carbocycles. The van der Waals surface area contributed by atoms with Crippen molar-refractivity contribution >= 4 is 11.8 Å². The van der Waals surface area contributed by atoms with Crippen LogP contribution in [-0.4, -0.2) is 45.1 Å². The monoisotopic (exact) mass is 370 g/mol. The highest BCUT2D eigenvalue weighted by Gasteiger charge is 2.21. The van der Waals surface area contributed by atoms with Crippen LogP contribution in [0, 0.1) is 0 Å². The van der Waals surface area contributed by atoms with Crippen molar-refractivity contribution in [2.75, 3.05) is 13.1 Å². The smallest absolute Gasteiger partial charge is 0.274 e. The van der Waals surface area contributed by atoms with E-state index in [0.717, 1.165) is 5.56 Å². The van der Waals surface area contributed by atoms with Crippen LogP contribution < -0.4 is 10.9 Å². The topological polar surface area (TPSA) is 84.3 Å².